The summed E-state index contributed by atoms with van der Waals surface area (Å²) in [6.45, 7) is 2.24. The topological polar surface area (TPSA) is 52.9 Å². The number of benzene rings is 2. The SMILES string of the molecule is C[C@@H]1CCc2c(sc(NC(=O)c3cccc4ccccc34)c2C#N)C1. The summed E-state index contributed by atoms with van der Waals surface area (Å²) < 4.78 is 0. The van der Waals surface area contributed by atoms with Crippen LogP contribution in [0.4, 0.5) is 5.00 Å². The normalized spacial score (nSPS) is 16.2. The third-order valence-corrected chi connectivity index (χ3v) is 6.05. The number of nitriles is 1. The first-order chi connectivity index (χ1) is 12.2. The molecule has 0 saturated heterocycles. The lowest BCUT2D eigenvalue weighted by atomic mass is 9.88. The highest BCUT2D eigenvalue weighted by Gasteiger charge is 2.25. The maximum absolute atomic E-state index is 12.9. The molecular formula is C21H18N2OS. The van der Waals surface area contributed by atoms with Crippen molar-refractivity contribution in [2.24, 2.45) is 5.92 Å². The Bertz CT molecular complexity index is 1010. The van der Waals surface area contributed by atoms with Crippen LogP contribution in [0.2, 0.25) is 0 Å². The Balaban J connectivity index is 1.71. The number of anilines is 1. The summed E-state index contributed by atoms with van der Waals surface area (Å²) in [5.41, 5.74) is 2.43. The van der Waals surface area contributed by atoms with E-state index in [1.807, 2.05) is 42.5 Å². The molecule has 124 valence electrons. The first-order valence-corrected chi connectivity index (χ1v) is 9.32. The number of fused-ring (bicyclic) bond motifs is 2. The van der Waals surface area contributed by atoms with Crippen LogP contribution in [0, 0.1) is 17.2 Å². The maximum atomic E-state index is 12.9. The standard InChI is InChI=1S/C21H18N2OS/c1-13-9-10-16-18(12-22)21(25-19(16)11-13)23-20(24)17-8-4-6-14-5-2-3-7-15(14)17/h2-8,13H,9-11H2,1H3,(H,23,24)/t13-/m1/s1. The zero-order valence-electron chi connectivity index (χ0n) is 14.0. The van der Waals surface area contributed by atoms with Crippen LogP contribution in [-0.2, 0) is 12.8 Å². The van der Waals surface area contributed by atoms with Gasteiger partial charge in [-0.2, -0.15) is 5.26 Å². The van der Waals surface area contributed by atoms with E-state index in [9.17, 15) is 10.1 Å². The van der Waals surface area contributed by atoms with Gasteiger partial charge in [0.05, 0.1) is 5.56 Å². The summed E-state index contributed by atoms with van der Waals surface area (Å²) in [6, 6.07) is 15.9. The van der Waals surface area contributed by atoms with Crippen LogP contribution >= 0.6 is 11.3 Å². The highest BCUT2D eigenvalue weighted by atomic mass is 32.1. The minimum absolute atomic E-state index is 0.153. The molecular weight excluding hydrogens is 328 g/mol. The fourth-order valence-corrected chi connectivity index (χ4v) is 4.91. The van der Waals surface area contributed by atoms with Crippen molar-refractivity contribution in [1.29, 1.82) is 5.26 Å². The predicted octanol–water partition coefficient (Wildman–Crippen LogP) is 5.15. The van der Waals surface area contributed by atoms with Gasteiger partial charge in [0.15, 0.2) is 0 Å². The van der Waals surface area contributed by atoms with Crippen molar-refractivity contribution in [3.05, 3.63) is 64.0 Å². The Morgan fingerprint density at radius 1 is 1.24 bits per heavy atom. The smallest absolute Gasteiger partial charge is 0.256 e. The number of nitrogens with zero attached hydrogens (tertiary/aromatic N) is 1. The number of rotatable bonds is 2. The second-order valence-corrected chi connectivity index (χ2v) is 7.75. The Morgan fingerprint density at radius 2 is 2.04 bits per heavy atom. The van der Waals surface area contributed by atoms with Gasteiger partial charge in [0.2, 0.25) is 0 Å². The molecule has 1 atom stereocenters. The number of hydrogen-bond acceptors (Lipinski definition) is 3. The van der Waals surface area contributed by atoms with E-state index >= 15 is 0 Å². The summed E-state index contributed by atoms with van der Waals surface area (Å²) in [6.07, 6.45) is 3.04. The van der Waals surface area contributed by atoms with E-state index in [-0.39, 0.29) is 5.91 Å². The van der Waals surface area contributed by atoms with Crippen LogP contribution in [0.3, 0.4) is 0 Å². The summed E-state index contributed by atoms with van der Waals surface area (Å²) in [5, 5.41) is 15.2. The number of hydrogen-bond donors (Lipinski definition) is 1. The molecule has 1 aliphatic carbocycles. The van der Waals surface area contributed by atoms with Crippen molar-refractivity contribution in [2.45, 2.75) is 26.2 Å². The molecule has 1 N–H and O–H groups in total. The summed E-state index contributed by atoms with van der Waals surface area (Å²) in [7, 11) is 0. The van der Waals surface area contributed by atoms with Gasteiger partial charge in [-0.15, -0.1) is 11.3 Å². The van der Waals surface area contributed by atoms with Gasteiger partial charge in [0.1, 0.15) is 11.1 Å². The fraction of sp³-hybridized carbons (Fsp3) is 0.238. The Morgan fingerprint density at radius 3 is 2.88 bits per heavy atom. The van der Waals surface area contributed by atoms with Crippen molar-refractivity contribution in [2.75, 3.05) is 5.32 Å². The van der Waals surface area contributed by atoms with Crippen LogP contribution < -0.4 is 5.32 Å². The van der Waals surface area contributed by atoms with E-state index in [0.717, 1.165) is 35.6 Å². The number of thiophene rings is 1. The number of amides is 1. The van der Waals surface area contributed by atoms with Crippen LogP contribution in [0.25, 0.3) is 10.8 Å². The molecule has 25 heavy (non-hydrogen) atoms. The van der Waals surface area contributed by atoms with Crippen LogP contribution in [0.1, 0.15) is 39.7 Å². The molecule has 0 fully saturated rings. The van der Waals surface area contributed by atoms with Crippen molar-refractivity contribution in [1.82, 2.24) is 0 Å². The van der Waals surface area contributed by atoms with E-state index in [4.69, 9.17) is 0 Å². The molecule has 4 heteroatoms. The number of nitrogens with one attached hydrogen (secondary N) is 1. The third-order valence-electron chi connectivity index (χ3n) is 4.88. The summed E-state index contributed by atoms with van der Waals surface area (Å²) in [5.74, 6) is 0.485. The Labute approximate surface area is 150 Å². The highest BCUT2D eigenvalue weighted by molar-refractivity contribution is 7.16. The van der Waals surface area contributed by atoms with E-state index in [1.54, 1.807) is 11.3 Å². The van der Waals surface area contributed by atoms with Gasteiger partial charge in [0, 0.05) is 10.4 Å². The first-order valence-electron chi connectivity index (χ1n) is 8.51. The zero-order chi connectivity index (χ0) is 17.4. The third kappa shape index (κ3) is 2.81. The van der Waals surface area contributed by atoms with Gasteiger partial charge in [-0.25, -0.2) is 0 Å². The van der Waals surface area contributed by atoms with Gasteiger partial charge in [-0.1, -0.05) is 43.3 Å². The maximum Gasteiger partial charge on any atom is 0.256 e. The molecule has 1 amide bonds. The van der Waals surface area contributed by atoms with Gasteiger partial charge in [-0.05, 0) is 47.6 Å². The average Bonchev–Trinajstić information content (AvgIpc) is 2.97. The van der Waals surface area contributed by atoms with E-state index in [1.165, 1.54) is 4.88 Å². The quantitative estimate of drug-likeness (QED) is 0.697. The van der Waals surface area contributed by atoms with E-state index in [0.29, 0.717) is 22.0 Å². The largest absolute Gasteiger partial charge is 0.312 e. The number of carbonyl (C=O) groups excluding carboxylic acids is 1. The molecule has 1 aromatic heterocycles. The molecule has 1 heterocycles. The van der Waals surface area contributed by atoms with Gasteiger partial charge < -0.3 is 5.32 Å². The van der Waals surface area contributed by atoms with Gasteiger partial charge in [-0.3, -0.25) is 4.79 Å². The average molecular weight is 346 g/mol. The monoisotopic (exact) mass is 346 g/mol. The van der Waals surface area contributed by atoms with Gasteiger partial charge in [0.25, 0.3) is 5.91 Å². The van der Waals surface area contributed by atoms with Gasteiger partial charge >= 0.3 is 0 Å². The lowest BCUT2D eigenvalue weighted by molar-refractivity contribution is 0.102. The van der Waals surface area contributed by atoms with Crippen molar-refractivity contribution in [3.8, 4) is 6.07 Å². The molecule has 0 bridgehead atoms. The lowest BCUT2D eigenvalue weighted by Crippen LogP contribution is -2.12. The molecule has 0 spiro atoms. The molecule has 2 aromatic carbocycles. The summed E-state index contributed by atoms with van der Waals surface area (Å²) >= 11 is 1.56. The first kappa shape index (κ1) is 15.9. The minimum Gasteiger partial charge on any atom is -0.312 e. The molecule has 0 unspecified atom stereocenters. The second kappa shape index (κ2) is 6.34. The van der Waals surface area contributed by atoms with Crippen molar-refractivity contribution < 1.29 is 4.79 Å². The summed E-state index contributed by atoms with van der Waals surface area (Å²) in [4.78, 5) is 14.1. The van der Waals surface area contributed by atoms with Crippen LogP contribution in [0.5, 0.6) is 0 Å². The lowest BCUT2D eigenvalue weighted by Gasteiger charge is -2.17. The number of carbonyl (C=O) groups is 1. The second-order valence-electron chi connectivity index (χ2n) is 6.65. The molecule has 3 nitrogen and oxygen atoms in total. The van der Waals surface area contributed by atoms with Crippen LogP contribution in [0.15, 0.2) is 42.5 Å². The van der Waals surface area contributed by atoms with Crippen molar-refractivity contribution in [3.63, 3.8) is 0 Å². The van der Waals surface area contributed by atoms with E-state index < -0.39 is 0 Å². The van der Waals surface area contributed by atoms with Crippen LogP contribution in [-0.4, -0.2) is 5.91 Å². The zero-order valence-corrected chi connectivity index (χ0v) is 14.8. The Kier molecular flexibility index (Phi) is 4.03. The predicted molar refractivity (Wildman–Crippen MR) is 102 cm³/mol. The Hall–Kier alpha value is -2.64. The highest BCUT2D eigenvalue weighted by Crippen LogP contribution is 2.39. The molecule has 3 aromatic rings. The van der Waals surface area contributed by atoms with E-state index in [2.05, 4.69) is 18.3 Å². The molecule has 4 rings (SSSR count). The molecule has 0 radical (unpaired) electrons. The van der Waals surface area contributed by atoms with Crippen molar-refractivity contribution >= 4 is 33.0 Å². The molecule has 0 saturated carbocycles. The minimum atomic E-state index is -0.153. The molecule has 0 aliphatic heterocycles. The fourth-order valence-electron chi connectivity index (χ4n) is 3.55. The molecule has 1 aliphatic rings.